The SMILES string of the molecule is CC(C)C1CN(c2ccc(C(=O)N(C)C)nn2)CCN1/C(=N\C#N)Nc1cccc2ncccc12. The molecule has 1 aliphatic heterocycles. The van der Waals surface area contributed by atoms with E-state index in [-0.39, 0.29) is 17.9 Å². The molecule has 3 aromatic rings. The topological polar surface area (TPSA) is 114 Å². The maximum atomic E-state index is 12.1. The van der Waals surface area contributed by atoms with Crippen molar-refractivity contribution >= 4 is 34.3 Å². The van der Waals surface area contributed by atoms with Crippen molar-refractivity contribution in [1.29, 1.82) is 5.26 Å². The van der Waals surface area contributed by atoms with Crippen LogP contribution in [-0.2, 0) is 0 Å². The lowest BCUT2D eigenvalue weighted by Crippen LogP contribution is -2.58. The average molecular weight is 472 g/mol. The molecule has 0 aliphatic carbocycles. The first-order chi connectivity index (χ1) is 16.9. The number of aliphatic imine (C=N–C) groups is 1. The Bertz CT molecular complexity index is 1260. The highest BCUT2D eigenvalue weighted by molar-refractivity contribution is 6.02. The number of hydrogen-bond acceptors (Lipinski definition) is 7. The number of nitrogens with one attached hydrogen (secondary N) is 1. The maximum Gasteiger partial charge on any atom is 0.273 e. The van der Waals surface area contributed by atoms with Gasteiger partial charge in [-0.1, -0.05) is 19.9 Å². The van der Waals surface area contributed by atoms with Gasteiger partial charge in [0.1, 0.15) is 0 Å². The predicted octanol–water partition coefficient (Wildman–Crippen LogP) is 2.82. The summed E-state index contributed by atoms with van der Waals surface area (Å²) in [5.74, 6) is 1.33. The van der Waals surface area contributed by atoms with E-state index in [2.05, 4.69) is 49.1 Å². The quantitative estimate of drug-likeness (QED) is 0.351. The number of fused-ring (bicyclic) bond motifs is 1. The number of piperazine rings is 1. The van der Waals surface area contributed by atoms with Crippen LogP contribution in [-0.4, -0.2) is 76.6 Å². The van der Waals surface area contributed by atoms with Gasteiger partial charge in [0.2, 0.25) is 12.2 Å². The Labute approximate surface area is 204 Å². The molecule has 180 valence electrons. The number of benzene rings is 1. The summed E-state index contributed by atoms with van der Waals surface area (Å²) in [7, 11) is 3.38. The van der Waals surface area contributed by atoms with Gasteiger partial charge < -0.3 is 20.0 Å². The first-order valence-electron chi connectivity index (χ1n) is 11.5. The molecule has 0 spiro atoms. The number of carbonyl (C=O) groups excluding carboxylic acids is 1. The highest BCUT2D eigenvalue weighted by atomic mass is 16.2. The Morgan fingerprint density at radius 2 is 2.00 bits per heavy atom. The molecule has 1 amide bonds. The van der Waals surface area contributed by atoms with E-state index in [1.165, 1.54) is 4.90 Å². The molecule has 10 heteroatoms. The summed E-state index contributed by atoms with van der Waals surface area (Å²) in [6, 6.07) is 13.4. The fourth-order valence-corrected chi connectivity index (χ4v) is 4.23. The number of hydrogen-bond donors (Lipinski definition) is 1. The summed E-state index contributed by atoms with van der Waals surface area (Å²) < 4.78 is 0. The van der Waals surface area contributed by atoms with E-state index in [9.17, 15) is 10.1 Å². The second-order valence-electron chi connectivity index (χ2n) is 8.96. The number of pyridine rings is 1. The van der Waals surface area contributed by atoms with Gasteiger partial charge in [-0.05, 0) is 42.3 Å². The molecule has 1 fully saturated rings. The van der Waals surface area contributed by atoms with Crippen LogP contribution >= 0.6 is 0 Å². The fraction of sp³-hybridized carbons (Fsp3) is 0.360. The Balaban J connectivity index is 1.56. The molecule has 1 aliphatic rings. The lowest BCUT2D eigenvalue weighted by atomic mass is 9.99. The molecular formula is C25H29N9O. The molecule has 10 nitrogen and oxygen atoms in total. The molecule has 4 rings (SSSR count). The number of rotatable bonds is 4. The normalized spacial score (nSPS) is 16.3. The minimum absolute atomic E-state index is 0.0707. The van der Waals surface area contributed by atoms with Gasteiger partial charge in [-0.25, -0.2) is 0 Å². The third-order valence-corrected chi connectivity index (χ3v) is 6.11. The van der Waals surface area contributed by atoms with Crippen LogP contribution in [0.5, 0.6) is 0 Å². The number of amides is 1. The molecule has 2 aromatic heterocycles. The summed E-state index contributed by atoms with van der Waals surface area (Å²) >= 11 is 0. The summed E-state index contributed by atoms with van der Waals surface area (Å²) in [6.07, 6.45) is 3.72. The molecule has 35 heavy (non-hydrogen) atoms. The molecule has 1 aromatic carbocycles. The summed E-state index contributed by atoms with van der Waals surface area (Å²) in [5.41, 5.74) is 2.03. The van der Waals surface area contributed by atoms with Crippen molar-refractivity contribution in [3.05, 3.63) is 54.4 Å². The number of carbonyl (C=O) groups is 1. The number of nitrogens with zero attached hydrogens (tertiary/aromatic N) is 8. The molecule has 0 radical (unpaired) electrons. The summed E-state index contributed by atoms with van der Waals surface area (Å²) in [4.78, 5) is 26.5. The van der Waals surface area contributed by atoms with Gasteiger partial charge in [-0.15, -0.1) is 15.2 Å². The third-order valence-electron chi connectivity index (χ3n) is 6.11. The van der Waals surface area contributed by atoms with Crippen LogP contribution in [0.2, 0.25) is 0 Å². The van der Waals surface area contributed by atoms with Crippen LogP contribution in [0.15, 0.2) is 53.7 Å². The summed E-state index contributed by atoms with van der Waals surface area (Å²) in [6.45, 7) is 6.28. The fourth-order valence-electron chi connectivity index (χ4n) is 4.23. The van der Waals surface area contributed by atoms with E-state index in [0.29, 0.717) is 31.3 Å². The number of anilines is 2. The molecule has 1 atom stereocenters. The lowest BCUT2D eigenvalue weighted by molar-refractivity contribution is 0.0821. The van der Waals surface area contributed by atoms with Crippen molar-refractivity contribution in [3.8, 4) is 6.19 Å². The van der Waals surface area contributed by atoms with Gasteiger partial charge in [-0.3, -0.25) is 9.78 Å². The molecule has 0 bridgehead atoms. The van der Waals surface area contributed by atoms with E-state index < -0.39 is 0 Å². The Morgan fingerprint density at radius 1 is 1.17 bits per heavy atom. The number of guanidine groups is 1. The van der Waals surface area contributed by atoms with Crippen LogP contribution in [0.3, 0.4) is 0 Å². The highest BCUT2D eigenvalue weighted by Gasteiger charge is 2.32. The second-order valence-corrected chi connectivity index (χ2v) is 8.96. The van der Waals surface area contributed by atoms with Gasteiger partial charge in [0.15, 0.2) is 11.5 Å². The van der Waals surface area contributed by atoms with Gasteiger partial charge in [0.25, 0.3) is 5.91 Å². The van der Waals surface area contributed by atoms with Gasteiger partial charge in [-0.2, -0.15) is 5.26 Å². The second kappa shape index (κ2) is 10.3. The van der Waals surface area contributed by atoms with Crippen LogP contribution in [0, 0.1) is 17.4 Å². The smallest absolute Gasteiger partial charge is 0.273 e. The molecule has 1 unspecified atom stereocenters. The zero-order valence-electron chi connectivity index (χ0n) is 20.4. The lowest BCUT2D eigenvalue weighted by Gasteiger charge is -2.44. The van der Waals surface area contributed by atoms with Gasteiger partial charge in [0.05, 0.1) is 17.2 Å². The zero-order valence-corrected chi connectivity index (χ0v) is 20.4. The first-order valence-corrected chi connectivity index (χ1v) is 11.5. The minimum atomic E-state index is -0.180. The van der Waals surface area contributed by atoms with E-state index in [4.69, 9.17) is 0 Å². The summed E-state index contributed by atoms with van der Waals surface area (Å²) in [5, 5.41) is 22.2. The van der Waals surface area contributed by atoms with E-state index >= 15 is 0 Å². The van der Waals surface area contributed by atoms with Crippen molar-refractivity contribution in [1.82, 2.24) is 25.0 Å². The monoisotopic (exact) mass is 471 g/mol. The number of aromatic nitrogens is 3. The maximum absolute atomic E-state index is 12.1. The van der Waals surface area contributed by atoms with E-state index in [1.807, 2.05) is 42.6 Å². The predicted molar refractivity (Wildman–Crippen MR) is 136 cm³/mol. The third kappa shape index (κ3) is 5.14. The highest BCUT2D eigenvalue weighted by Crippen LogP contribution is 2.25. The minimum Gasteiger partial charge on any atom is -0.351 e. The van der Waals surface area contributed by atoms with Gasteiger partial charge >= 0.3 is 0 Å². The van der Waals surface area contributed by atoms with Gasteiger partial charge in [0, 0.05) is 45.3 Å². The standard InChI is InChI=1S/C25H29N9O/c1-17(2)22-15-33(23-11-10-21(30-31-23)24(35)32(3)4)13-14-34(22)25(28-16-26)29-20-9-5-8-19-18(20)7-6-12-27-19/h5-12,17,22H,13-15H2,1-4H3,(H,28,29). The molecule has 0 saturated carbocycles. The Morgan fingerprint density at radius 3 is 2.69 bits per heavy atom. The van der Waals surface area contributed by atoms with Crippen LogP contribution in [0.1, 0.15) is 24.3 Å². The van der Waals surface area contributed by atoms with E-state index in [1.54, 1.807) is 26.4 Å². The Kier molecular flexibility index (Phi) is 7.06. The largest absolute Gasteiger partial charge is 0.351 e. The number of nitriles is 1. The average Bonchev–Trinajstić information content (AvgIpc) is 2.88. The van der Waals surface area contributed by atoms with Crippen LogP contribution < -0.4 is 10.2 Å². The van der Waals surface area contributed by atoms with Crippen molar-refractivity contribution in [2.75, 3.05) is 43.9 Å². The van der Waals surface area contributed by atoms with Crippen LogP contribution in [0.4, 0.5) is 11.5 Å². The van der Waals surface area contributed by atoms with Crippen molar-refractivity contribution < 1.29 is 4.79 Å². The molecule has 1 saturated heterocycles. The first kappa shape index (κ1) is 23.9. The molecule has 3 heterocycles. The Hall–Kier alpha value is -4.26. The molecular weight excluding hydrogens is 442 g/mol. The van der Waals surface area contributed by atoms with Crippen molar-refractivity contribution in [2.45, 2.75) is 19.9 Å². The zero-order chi connectivity index (χ0) is 24.9. The van der Waals surface area contributed by atoms with Crippen molar-refractivity contribution in [2.24, 2.45) is 10.9 Å². The molecule has 1 N–H and O–H groups in total. The van der Waals surface area contributed by atoms with Crippen LogP contribution in [0.25, 0.3) is 10.9 Å². The van der Waals surface area contributed by atoms with E-state index in [0.717, 1.165) is 22.4 Å². The van der Waals surface area contributed by atoms with Crippen molar-refractivity contribution in [3.63, 3.8) is 0 Å².